The number of esters is 1. The first-order valence-electron chi connectivity index (χ1n) is 9.71. The number of nitrogens with one attached hydrogen (secondary N) is 1. The molecule has 0 aliphatic carbocycles. The van der Waals surface area contributed by atoms with E-state index in [-0.39, 0.29) is 19.1 Å². The fourth-order valence-electron chi connectivity index (χ4n) is 4.15. The fourth-order valence-corrected chi connectivity index (χ4v) is 4.56. The lowest BCUT2D eigenvalue weighted by atomic mass is 9.70. The van der Waals surface area contributed by atoms with E-state index in [9.17, 15) is 9.59 Å². The summed E-state index contributed by atoms with van der Waals surface area (Å²) in [4.78, 5) is 36.0. The number of aromatic amines is 1. The third kappa shape index (κ3) is 2.95. The highest BCUT2D eigenvalue weighted by Gasteiger charge is 2.67. The maximum absolute atomic E-state index is 13.3. The number of benzene rings is 2. The Morgan fingerprint density at radius 1 is 1.21 bits per heavy atom. The van der Waals surface area contributed by atoms with Crippen molar-refractivity contribution in [1.82, 2.24) is 14.9 Å². The molecule has 1 aliphatic heterocycles. The van der Waals surface area contributed by atoms with Crippen LogP contribution in [-0.4, -0.2) is 33.4 Å². The molecule has 2 unspecified atom stereocenters. The first-order chi connectivity index (χ1) is 14.0. The SMILES string of the molecule is CCOC(=O)C1(c2nc3ccccc3[nH]2)C(CC)C(=O)N1Cc1ccccc1Br. The second-order valence-electron chi connectivity index (χ2n) is 7.07. The maximum Gasteiger partial charge on any atom is 0.340 e. The van der Waals surface area contributed by atoms with Gasteiger partial charge in [-0.25, -0.2) is 9.78 Å². The largest absolute Gasteiger partial charge is 0.464 e. The fraction of sp³-hybridized carbons (Fsp3) is 0.318. The van der Waals surface area contributed by atoms with Crippen molar-refractivity contribution in [1.29, 1.82) is 0 Å². The van der Waals surface area contributed by atoms with Gasteiger partial charge in [-0.15, -0.1) is 0 Å². The smallest absolute Gasteiger partial charge is 0.340 e. The zero-order valence-electron chi connectivity index (χ0n) is 16.3. The Labute approximate surface area is 177 Å². The van der Waals surface area contributed by atoms with E-state index in [2.05, 4.69) is 20.9 Å². The lowest BCUT2D eigenvalue weighted by Gasteiger charge is -2.54. The molecule has 3 aromatic rings. The van der Waals surface area contributed by atoms with Crippen molar-refractivity contribution in [3.05, 3.63) is 64.4 Å². The zero-order valence-corrected chi connectivity index (χ0v) is 17.9. The van der Waals surface area contributed by atoms with Gasteiger partial charge in [-0.1, -0.05) is 53.2 Å². The molecule has 4 rings (SSSR count). The van der Waals surface area contributed by atoms with Crippen molar-refractivity contribution in [3.8, 4) is 0 Å². The van der Waals surface area contributed by atoms with Crippen LogP contribution in [0.3, 0.4) is 0 Å². The van der Waals surface area contributed by atoms with Gasteiger partial charge in [0, 0.05) is 11.0 Å². The van der Waals surface area contributed by atoms with Crippen LogP contribution in [0.2, 0.25) is 0 Å². The number of carbonyl (C=O) groups excluding carboxylic acids is 2. The molecule has 2 heterocycles. The van der Waals surface area contributed by atoms with Crippen LogP contribution in [0.15, 0.2) is 53.0 Å². The molecule has 0 radical (unpaired) electrons. The number of amides is 1. The van der Waals surface area contributed by atoms with Crippen LogP contribution >= 0.6 is 15.9 Å². The molecular formula is C22H22BrN3O3. The van der Waals surface area contributed by atoms with Crippen molar-refractivity contribution >= 4 is 38.8 Å². The number of halogens is 1. The summed E-state index contributed by atoms with van der Waals surface area (Å²) in [5.74, 6) is -0.588. The van der Waals surface area contributed by atoms with Crippen molar-refractivity contribution in [2.45, 2.75) is 32.4 Å². The van der Waals surface area contributed by atoms with Gasteiger partial charge in [0.2, 0.25) is 11.4 Å². The molecule has 6 nitrogen and oxygen atoms in total. The minimum atomic E-state index is -1.27. The Hall–Kier alpha value is -2.67. The number of fused-ring (bicyclic) bond motifs is 1. The topological polar surface area (TPSA) is 75.3 Å². The third-order valence-corrected chi connectivity index (χ3v) is 6.30. The molecule has 1 N–H and O–H groups in total. The maximum atomic E-state index is 13.3. The van der Waals surface area contributed by atoms with Crippen LogP contribution in [0.25, 0.3) is 11.0 Å². The predicted molar refractivity (Wildman–Crippen MR) is 113 cm³/mol. The van der Waals surface area contributed by atoms with Crippen LogP contribution in [0, 0.1) is 5.92 Å². The molecular weight excluding hydrogens is 434 g/mol. The van der Waals surface area contributed by atoms with E-state index in [1.807, 2.05) is 55.5 Å². The summed E-state index contributed by atoms with van der Waals surface area (Å²) in [7, 11) is 0. The third-order valence-electron chi connectivity index (χ3n) is 5.53. The van der Waals surface area contributed by atoms with Crippen LogP contribution < -0.4 is 0 Å². The van der Waals surface area contributed by atoms with Crippen LogP contribution in [0.5, 0.6) is 0 Å². The Balaban J connectivity index is 1.87. The lowest BCUT2D eigenvalue weighted by molar-refractivity contribution is -0.196. The van der Waals surface area contributed by atoms with E-state index in [0.29, 0.717) is 12.2 Å². The number of nitrogens with zero attached hydrogens (tertiary/aromatic N) is 2. The molecule has 1 aromatic heterocycles. The number of likely N-dealkylation sites (tertiary alicyclic amines) is 1. The van der Waals surface area contributed by atoms with Gasteiger partial charge in [-0.3, -0.25) is 4.79 Å². The first-order valence-corrected chi connectivity index (χ1v) is 10.5. The molecule has 0 saturated carbocycles. The van der Waals surface area contributed by atoms with Gasteiger partial charge in [-0.2, -0.15) is 0 Å². The number of β-lactam (4-membered cyclic amide) rings is 1. The van der Waals surface area contributed by atoms with Crippen molar-refractivity contribution in [2.75, 3.05) is 6.61 Å². The number of rotatable bonds is 6. The second-order valence-corrected chi connectivity index (χ2v) is 7.92. The summed E-state index contributed by atoms with van der Waals surface area (Å²) in [5, 5.41) is 0. The highest BCUT2D eigenvalue weighted by molar-refractivity contribution is 9.10. The molecule has 0 spiro atoms. The van der Waals surface area contributed by atoms with E-state index in [0.717, 1.165) is 21.1 Å². The standard InChI is InChI=1S/C22H22BrN3O3/c1-3-15-19(27)26(13-14-9-5-6-10-16(14)23)22(15,21(28)29-4-2)20-24-17-11-7-8-12-18(17)25-20/h5-12,15H,3-4,13H2,1-2H3,(H,24,25). The van der Waals surface area contributed by atoms with E-state index in [1.54, 1.807) is 11.8 Å². The highest BCUT2D eigenvalue weighted by atomic mass is 79.9. The molecule has 1 fully saturated rings. The number of carbonyl (C=O) groups is 2. The number of ether oxygens (including phenoxy) is 1. The van der Waals surface area contributed by atoms with Gasteiger partial charge in [0.25, 0.3) is 0 Å². The predicted octanol–water partition coefficient (Wildman–Crippen LogP) is 4.15. The van der Waals surface area contributed by atoms with Gasteiger partial charge in [0.15, 0.2) is 0 Å². The van der Waals surface area contributed by atoms with Crippen LogP contribution in [-0.2, 0) is 26.4 Å². The van der Waals surface area contributed by atoms with E-state index in [1.165, 1.54) is 0 Å². The molecule has 1 amide bonds. The number of hydrogen-bond donors (Lipinski definition) is 1. The molecule has 7 heteroatoms. The summed E-state index contributed by atoms with van der Waals surface area (Å²) in [6, 6.07) is 15.3. The van der Waals surface area contributed by atoms with Gasteiger partial charge in [0.05, 0.1) is 23.6 Å². The lowest BCUT2D eigenvalue weighted by Crippen LogP contribution is -2.72. The minimum absolute atomic E-state index is 0.0724. The summed E-state index contributed by atoms with van der Waals surface area (Å²) in [5.41, 5.74) is 1.22. The zero-order chi connectivity index (χ0) is 20.6. The minimum Gasteiger partial charge on any atom is -0.464 e. The number of aromatic nitrogens is 2. The van der Waals surface area contributed by atoms with Crippen molar-refractivity contribution in [3.63, 3.8) is 0 Å². The highest BCUT2D eigenvalue weighted by Crippen LogP contribution is 2.49. The monoisotopic (exact) mass is 455 g/mol. The Morgan fingerprint density at radius 3 is 2.62 bits per heavy atom. The average Bonchev–Trinajstić information content (AvgIpc) is 3.15. The Bertz CT molecular complexity index is 1050. The molecule has 29 heavy (non-hydrogen) atoms. The van der Waals surface area contributed by atoms with Gasteiger partial charge in [-0.05, 0) is 37.1 Å². The normalized spacial score (nSPS) is 21.3. The summed E-state index contributed by atoms with van der Waals surface area (Å²) >= 11 is 3.54. The average molecular weight is 456 g/mol. The molecule has 0 bridgehead atoms. The van der Waals surface area contributed by atoms with E-state index in [4.69, 9.17) is 9.72 Å². The van der Waals surface area contributed by atoms with Gasteiger partial charge >= 0.3 is 5.97 Å². The number of hydrogen-bond acceptors (Lipinski definition) is 4. The summed E-state index contributed by atoms with van der Waals surface area (Å²) in [6.07, 6.45) is 0.515. The van der Waals surface area contributed by atoms with Gasteiger partial charge in [0.1, 0.15) is 5.82 Å². The van der Waals surface area contributed by atoms with Gasteiger partial charge < -0.3 is 14.6 Å². The summed E-state index contributed by atoms with van der Waals surface area (Å²) in [6.45, 7) is 4.19. The molecule has 2 atom stereocenters. The quantitative estimate of drug-likeness (QED) is 0.447. The van der Waals surface area contributed by atoms with E-state index >= 15 is 0 Å². The molecule has 2 aromatic carbocycles. The second kappa shape index (κ2) is 7.63. The molecule has 150 valence electrons. The Morgan fingerprint density at radius 2 is 1.93 bits per heavy atom. The van der Waals surface area contributed by atoms with Crippen LogP contribution in [0.4, 0.5) is 0 Å². The number of para-hydroxylation sites is 2. The van der Waals surface area contributed by atoms with E-state index < -0.39 is 17.4 Å². The summed E-state index contributed by atoms with van der Waals surface area (Å²) < 4.78 is 6.36. The first kappa shape index (κ1) is 19.6. The van der Waals surface area contributed by atoms with Crippen molar-refractivity contribution < 1.29 is 14.3 Å². The Kier molecular flexibility index (Phi) is 5.17. The van der Waals surface area contributed by atoms with Crippen LogP contribution in [0.1, 0.15) is 31.7 Å². The molecule has 1 aliphatic rings. The molecule has 1 saturated heterocycles. The number of H-pyrrole nitrogens is 1. The number of imidazole rings is 1. The van der Waals surface area contributed by atoms with Crippen molar-refractivity contribution in [2.24, 2.45) is 5.92 Å².